The van der Waals surface area contributed by atoms with E-state index in [0.29, 0.717) is 5.69 Å². The highest BCUT2D eigenvalue weighted by atomic mass is 16.3. The van der Waals surface area contributed by atoms with Crippen molar-refractivity contribution in [2.45, 2.75) is 18.9 Å². The van der Waals surface area contributed by atoms with Crippen molar-refractivity contribution in [3.63, 3.8) is 0 Å². The van der Waals surface area contributed by atoms with Crippen molar-refractivity contribution in [1.29, 1.82) is 0 Å². The Bertz CT molecular complexity index is 937. The monoisotopic (exact) mass is 377 g/mol. The summed E-state index contributed by atoms with van der Waals surface area (Å²) in [5.41, 5.74) is 2.82. The predicted octanol–water partition coefficient (Wildman–Crippen LogP) is 2.76. The molecule has 1 aromatic carbocycles. The molecule has 0 spiro atoms. The lowest BCUT2D eigenvalue weighted by Gasteiger charge is -2.16. The van der Waals surface area contributed by atoms with Gasteiger partial charge in [0, 0.05) is 24.4 Å². The van der Waals surface area contributed by atoms with Crippen molar-refractivity contribution >= 4 is 11.7 Å². The maximum atomic E-state index is 12.6. The molecule has 2 heterocycles. The van der Waals surface area contributed by atoms with Crippen LogP contribution in [0.4, 0.5) is 5.82 Å². The SMILES string of the molecule is O=C(N[C@H](CO)c1ccccc1)c1cc(-c2cc(NCC3CC3)ncn2)c[nH]1. The number of benzene rings is 1. The minimum atomic E-state index is -0.460. The molecule has 1 atom stereocenters. The highest BCUT2D eigenvalue weighted by Gasteiger charge is 2.21. The Morgan fingerprint density at radius 2 is 2.04 bits per heavy atom. The number of nitrogens with zero attached hydrogens (tertiary/aromatic N) is 2. The summed E-state index contributed by atoms with van der Waals surface area (Å²) in [5.74, 6) is 1.26. The van der Waals surface area contributed by atoms with Gasteiger partial charge in [0.2, 0.25) is 0 Å². The molecule has 0 radical (unpaired) electrons. The number of hydrogen-bond donors (Lipinski definition) is 4. The van der Waals surface area contributed by atoms with Crippen molar-refractivity contribution in [3.8, 4) is 11.3 Å². The lowest BCUT2D eigenvalue weighted by atomic mass is 10.1. The molecular weight excluding hydrogens is 354 g/mol. The first-order valence-electron chi connectivity index (χ1n) is 9.44. The fourth-order valence-corrected chi connectivity index (χ4v) is 3.01. The van der Waals surface area contributed by atoms with Gasteiger partial charge in [-0.3, -0.25) is 4.79 Å². The summed E-state index contributed by atoms with van der Waals surface area (Å²) in [7, 11) is 0. The summed E-state index contributed by atoms with van der Waals surface area (Å²) in [6, 6.07) is 12.6. The van der Waals surface area contributed by atoms with Gasteiger partial charge in [-0.25, -0.2) is 9.97 Å². The minimum Gasteiger partial charge on any atom is -0.394 e. The second-order valence-electron chi connectivity index (χ2n) is 7.03. The van der Waals surface area contributed by atoms with Gasteiger partial charge in [0.05, 0.1) is 18.3 Å². The third-order valence-electron chi connectivity index (χ3n) is 4.85. The Hall–Kier alpha value is -3.19. The first kappa shape index (κ1) is 18.2. The number of amides is 1. The van der Waals surface area contributed by atoms with Crippen LogP contribution in [0.5, 0.6) is 0 Å². The zero-order valence-electron chi connectivity index (χ0n) is 15.4. The normalized spacial score (nSPS) is 14.5. The van der Waals surface area contributed by atoms with Crippen molar-refractivity contribution in [1.82, 2.24) is 20.3 Å². The molecule has 4 N–H and O–H groups in total. The molecular formula is C21H23N5O2. The average molecular weight is 377 g/mol. The molecule has 144 valence electrons. The second kappa shape index (κ2) is 8.22. The number of hydrogen-bond acceptors (Lipinski definition) is 5. The Labute approximate surface area is 163 Å². The number of carbonyl (C=O) groups is 1. The Kier molecular flexibility index (Phi) is 5.34. The molecule has 0 aliphatic heterocycles. The standard InChI is InChI=1S/C21H23N5O2/c27-12-19(15-4-2-1-3-5-15)26-21(28)18-8-16(11-22-18)17-9-20(25-13-24-17)23-10-14-6-7-14/h1-5,8-9,11,13-14,19,22,27H,6-7,10,12H2,(H,26,28)(H,23,24,25)/t19-/m1/s1. The number of anilines is 1. The summed E-state index contributed by atoms with van der Waals surface area (Å²) >= 11 is 0. The molecule has 0 unspecified atom stereocenters. The van der Waals surface area contributed by atoms with E-state index in [0.717, 1.165) is 35.1 Å². The average Bonchev–Trinajstić information content (AvgIpc) is 3.44. The van der Waals surface area contributed by atoms with Gasteiger partial charge in [0.25, 0.3) is 5.91 Å². The van der Waals surface area contributed by atoms with Gasteiger partial charge in [-0.15, -0.1) is 0 Å². The molecule has 1 saturated carbocycles. The molecule has 1 aliphatic carbocycles. The topological polar surface area (TPSA) is 103 Å². The van der Waals surface area contributed by atoms with E-state index in [1.807, 2.05) is 36.4 Å². The second-order valence-corrected chi connectivity index (χ2v) is 7.03. The van der Waals surface area contributed by atoms with E-state index >= 15 is 0 Å². The van der Waals surface area contributed by atoms with Crippen molar-refractivity contribution in [2.24, 2.45) is 5.92 Å². The van der Waals surface area contributed by atoms with Gasteiger partial charge in [0.15, 0.2) is 0 Å². The van der Waals surface area contributed by atoms with Crippen molar-refractivity contribution in [3.05, 3.63) is 66.2 Å². The summed E-state index contributed by atoms with van der Waals surface area (Å²) in [6.07, 6.45) is 5.82. The van der Waals surface area contributed by atoms with Crippen LogP contribution in [-0.4, -0.2) is 39.1 Å². The van der Waals surface area contributed by atoms with Crippen LogP contribution in [0.1, 0.15) is 34.9 Å². The van der Waals surface area contributed by atoms with Crippen LogP contribution >= 0.6 is 0 Å². The van der Waals surface area contributed by atoms with E-state index in [1.54, 1.807) is 12.3 Å². The highest BCUT2D eigenvalue weighted by molar-refractivity contribution is 5.94. The Balaban J connectivity index is 1.44. The molecule has 28 heavy (non-hydrogen) atoms. The van der Waals surface area contributed by atoms with Crippen LogP contribution in [0, 0.1) is 5.92 Å². The summed E-state index contributed by atoms with van der Waals surface area (Å²) in [4.78, 5) is 24.1. The predicted molar refractivity (Wildman–Crippen MR) is 107 cm³/mol. The smallest absolute Gasteiger partial charge is 0.268 e. The van der Waals surface area contributed by atoms with Crippen LogP contribution in [0.2, 0.25) is 0 Å². The Morgan fingerprint density at radius 1 is 1.21 bits per heavy atom. The molecule has 7 heteroatoms. The number of aliphatic hydroxyl groups is 1. The van der Waals surface area contributed by atoms with Gasteiger partial charge < -0.3 is 20.7 Å². The van der Waals surface area contributed by atoms with E-state index < -0.39 is 6.04 Å². The Morgan fingerprint density at radius 3 is 2.79 bits per heavy atom. The molecule has 7 nitrogen and oxygen atoms in total. The number of aliphatic hydroxyl groups excluding tert-OH is 1. The fraction of sp³-hybridized carbons (Fsp3) is 0.286. The lowest BCUT2D eigenvalue weighted by molar-refractivity contribution is 0.0912. The number of H-pyrrole nitrogens is 1. The molecule has 4 rings (SSSR count). The van der Waals surface area contributed by atoms with Gasteiger partial charge in [-0.05, 0) is 30.4 Å². The number of aromatic amines is 1. The maximum absolute atomic E-state index is 12.6. The van der Waals surface area contributed by atoms with Crippen LogP contribution in [0.15, 0.2) is 55.0 Å². The van der Waals surface area contributed by atoms with Gasteiger partial charge in [-0.1, -0.05) is 30.3 Å². The molecule has 0 bridgehead atoms. The summed E-state index contributed by atoms with van der Waals surface area (Å²) in [6.45, 7) is 0.754. The zero-order chi connectivity index (χ0) is 19.3. The van der Waals surface area contributed by atoms with Crippen LogP contribution < -0.4 is 10.6 Å². The highest BCUT2D eigenvalue weighted by Crippen LogP contribution is 2.29. The largest absolute Gasteiger partial charge is 0.394 e. The fourth-order valence-electron chi connectivity index (χ4n) is 3.01. The van der Waals surface area contributed by atoms with Crippen LogP contribution in [0.25, 0.3) is 11.3 Å². The van der Waals surface area contributed by atoms with E-state index in [4.69, 9.17) is 0 Å². The van der Waals surface area contributed by atoms with Crippen molar-refractivity contribution in [2.75, 3.05) is 18.5 Å². The number of aromatic nitrogens is 3. The number of carbonyl (C=O) groups excluding carboxylic acids is 1. The quantitative estimate of drug-likeness (QED) is 0.483. The van der Waals surface area contributed by atoms with Gasteiger partial charge in [0.1, 0.15) is 17.8 Å². The molecule has 1 fully saturated rings. The maximum Gasteiger partial charge on any atom is 0.268 e. The van der Waals surface area contributed by atoms with Crippen LogP contribution in [0.3, 0.4) is 0 Å². The third kappa shape index (κ3) is 4.37. The first-order valence-corrected chi connectivity index (χ1v) is 9.44. The number of nitrogens with one attached hydrogen (secondary N) is 3. The summed E-state index contributed by atoms with van der Waals surface area (Å²) < 4.78 is 0. The molecule has 3 aromatic rings. The summed E-state index contributed by atoms with van der Waals surface area (Å²) in [5, 5.41) is 15.8. The van der Waals surface area contributed by atoms with Gasteiger partial charge >= 0.3 is 0 Å². The minimum absolute atomic E-state index is 0.175. The molecule has 1 amide bonds. The molecule has 2 aromatic heterocycles. The van der Waals surface area contributed by atoms with Gasteiger partial charge in [-0.2, -0.15) is 0 Å². The van der Waals surface area contributed by atoms with Crippen LogP contribution in [-0.2, 0) is 0 Å². The number of rotatable bonds is 8. The first-order chi connectivity index (χ1) is 13.7. The van der Waals surface area contributed by atoms with E-state index in [9.17, 15) is 9.90 Å². The van der Waals surface area contributed by atoms with E-state index in [2.05, 4.69) is 25.6 Å². The lowest BCUT2D eigenvalue weighted by Crippen LogP contribution is -2.30. The zero-order valence-corrected chi connectivity index (χ0v) is 15.4. The molecule has 1 aliphatic rings. The van der Waals surface area contributed by atoms with E-state index in [1.165, 1.54) is 19.2 Å². The molecule has 0 saturated heterocycles. The third-order valence-corrected chi connectivity index (χ3v) is 4.85. The van der Waals surface area contributed by atoms with Crippen molar-refractivity contribution < 1.29 is 9.90 Å². The van der Waals surface area contributed by atoms with E-state index in [-0.39, 0.29) is 12.5 Å².